The molecule has 3 aromatic rings. The van der Waals surface area contributed by atoms with E-state index in [4.69, 9.17) is 16.0 Å². The first-order valence-electron chi connectivity index (χ1n) is 9.06. The minimum absolute atomic E-state index is 0.0980. The monoisotopic (exact) mass is 555 g/mol. The molecule has 1 aliphatic heterocycles. The maximum atomic E-state index is 12.9. The maximum Gasteiger partial charge on any atom is 0.293 e. The Morgan fingerprint density at radius 3 is 2.67 bits per heavy atom. The predicted molar refractivity (Wildman–Crippen MR) is 117 cm³/mol. The third kappa shape index (κ3) is 4.17. The summed E-state index contributed by atoms with van der Waals surface area (Å²) >= 11 is 12.6. The van der Waals surface area contributed by atoms with E-state index in [1.165, 1.54) is 11.0 Å². The molecule has 11 heteroatoms. The molecule has 1 fully saturated rings. The molecule has 0 N–H and O–H groups in total. The number of carbonyl (C=O) groups excluding carboxylic acids is 2. The summed E-state index contributed by atoms with van der Waals surface area (Å²) in [5.74, 6) is -0.161. The van der Waals surface area contributed by atoms with Gasteiger partial charge in [-0.25, -0.2) is 9.67 Å². The van der Waals surface area contributed by atoms with E-state index in [1.54, 1.807) is 34.1 Å². The van der Waals surface area contributed by atoms with E-state index in [2.05, 4.69) is 41.9 Å². The van der Waals surface area contributed by atoms with E-state index >= 15 is 0 Å². The lowest BCUT2D eigenvalue weighted by Gasteiger charge is -2.39. The summed E-state index contributed by atoms with van der Waals surface area (Å²) in [6.07, 6.45) is 1.48. The van der Waals surface area contributed by atoms with Crippen molar-refractivity contribution in [2.24, 2.45) is 0 Å². The van der Waals surface area contributed by atoms with Crippen LogP contribution in [0.1, 0.15) is 28.1 Å². The van der Waals surface area contributed by atoms with Crippen LogP contribution < -0.4 is 0 Å². The van der Waals surface area contributed by atoms with E-state index in [9.17, 15) is 9.59 Å². The number of hydrogen-bond donors (Lipinski definition) is 0. The molecule has 0 radical (unpaired) electrons. The van der Waals surface area contributed by atoms with Crippen molar-refractivity contribution < 1.29 is 14.0 Å². The van der Waals surface area contributed by atoms with Crippen molar-refractivity contribution in [1.29, 1.82) is 0 Å². The normalized spacial score (nSPS) is 16.7. The van der Waals surface area contributed by atoms with Gasteiger partial charge in [-0.3, -0.25) is 9.59 Å². The zero-order valence-electron chi connectivity index (χ0n) is 15.8. The van der Waals surface area contributed by atoms with Crippen molar-refractivity contribution >= 4 is 55.3 Å². The van der Waals surface area contributed by atoms with Gasteiger partial charge in [0.15, 0.2) is 10.4 Å². The predicted octanol–water partition coefficient (Wildman–Crippen LogP) is 4.03. The number of benzene rings is 1. The lowest BCUT2D eigenvalue weighted by atomic mass is 10.1. The SMILES string of the molecule is CC1CN(C(=O)c2ncn(-c3cccc(Cl)c3)n2)CCN1C(=O)c1cc(Br)c(Br)o1. The van der Waals surface area contributed by atoms with Crippen LogP contribution >= 0.6 is 43.5 Å². The molecule has 0 aliphatic carbocycles. The summed E-state index contributed by atoms with van der Waals surface area (Å²) in [5.41, 5.74) is 0.716. The van der Waals surface area contributed by atoms with Crippen molar-refractivity contribution in [2.75, 3.05) is 19.6 Å². The fourth-order valence-corrected chi connectivity index (χ4v) is 4.05. The minimum atomic E-state index is -0.279. The highest BCUT2D eigenvalue weighted by Gasteiger charge is 2.33. The van der Waals surface area contributed by atoms with Crippen LogP contribution in [0.2, 0.25) is 5.02 Å². The van der Waals surface area contributed by atoms with Gasteiger partial charge in [0.25, 0.3) is 11.8 Å². The maximum absolute atomic E-state index is 12.9. The summed E-state index contributed by atoms with van der Waals surface area (Å²) in [6.45, 7) is 3.03. The first kappa shape index (κ1) is 21.1. The number of piperazine rings is 1. The highest BCUT2D eigenvalue weighted by molar-refractivity contribution is 9.13. The molecular weight excluding hydrogens is 542 g/mol. The van der Waals surface area contributed by atoms with E-state index in [-0.39, 0.29) is 29.4 Å². The van der Waals surface area contributed by atoms with Gasteiger partial charge in [0.1, 0.15) is 6.33 Å². The second kappa shape index (κ2) is 8.52. The van der Waals surface area contributed by atoms with Crippen LogP contribution in [0.3, 0.4) is 0 Å². The van der Waals surface area contributed by atoms with Crippen molar-refractivity contribution in [1.82, 2.24) is 24.6 Å². The van der Waals surface area contributed by atoms with Crippen LogP contribution in [-0.2, 0) is 0 Å². The van der Waals surface area contributed by atoms with Gasteiger partial charge >= 0.3 is 0 Å². The van der Waals surface area contributed by atoms with E-state index < -0.39 is 0 Å². The topological polar surface area (TPSA) is 84.5 Å². The zero-order chi connectivity index (χ0) is 21.4. The molecular formula is C19H16Br2ClN5O3. The van der Waals surface area contributed by atoms with Gasteiger partial charge in [-0.2, -0.15) is 0 Å². The molecule has 1 aliphatic rings. The molecule has 1 saturated heterocycles. The van der Waals surface area contributed by atoms with Crippen LogP contribution in [0.4, 0.5) is 0 Å². The fraction of sp³-hybridized carbons (Fsp3) is 0.263. The van der Waals surface area contributed by atoms with Gasteiger partial charge in [-0.1, -0.05) is 17.7 Å². The third-order valence-electron chi connectivity index (χ3n) is 4.79. The fourth-order valence-electron chi connectivity index (χ4n) is 3.28. The Balaban J connectivity index is 1.44. The van der Waals surface area contributed by atoms with Crippen molar-refractivity contribution in [3.63, 3.8) is 0 Å². The van der Waals surface area contributed by atoms with Crippen LogP contribution in [0.15, 0.2) is 50.2 Å². The third-order valence-corrected chi connectivity index (χ3v) is 6.73. The van der Waals surface area contributed by atoms with E-state index in [1.807, 2.05) is 13.0 Å². The lowest BCUT2D eigenvalue weighted by Crippen LogP contribution is -2.55. The molecule has 0 bridgehead atoms. The number of furan rings is 1. The summed E-state index contributed by atoms with van der Waals surface area (Å²) in [5, 5.41) is 4.86. The molecule has 0 saturated carbocycles. The Hall–Kier alpha value is -2.17. The van der Waals surface area contributed by atoms with Gasteiger partial charge in [0.2, 0.25) is 5.82 Å². The van der Waals surface area contributed by atoms with Crippen LogP contribution in [-0.4, -0.2) is 62.1 Å². The molecule has 1 unspecified atom stereocenters. The first-order valence-corrected chi connectivity index (χ1v) is 11.0. The van der Waals surface area contributed by atoms with Gasteiger partial charge in [0.05, 0.1) is 10.2 Å². The average Bonchev–Trinajstić information content (AvgIpc) is 3.34. The number of hydrogen-bond acceptors (Lipinski definition) is 5. The van der Waals surface area contributed by atoms with E-state index in [0.717, 1.165) is 0 Å². The Labute approximate surface area is 194 Å². The van der Waals surface area contributed by atoms with Crippen LogP contribution in [0.5, 0.6) is 0 Å². The molecule has 8 nitrogen and oxygen atoms in total. The summed E-state index contributed by atoms with van der Waals surface area (Å²) in [7, 11) is 0. The Morgan fingerprint density at radius 2 is 2.00 bits per heavy atom. The standard InChI is InChI=1S/C19H16Br2ClN5O3/c1-11-9-25(5-6-26(11)18(28)15-8-14(20)16(21)30-15)19(29)17-23-10-27(24-17)13-4-2-3-12(22)7-13/h2-4,7-8,10-11H,5-6,9H2,1H3. The minimum Gasteiger partial charge on any atom is -0.443 e. The van der Waals surface area contributed by atoms with Crippen molar-refractivity contribution in [3.8, 4) is 5.69 Å². The quantitative estimate of drug-likeness (QED) is 0.486. The lowest BCUT2D eigenvalue weighted by molar-refractivity contribution is 0.0389. The number of halogens is 3. The van der Waals surface area contributed by atoms with Gasteiger partial charge in [-0.15, -0.1) is 5.10 Å². The molecule has 0 spiro atoms. The Bertz CT molecular complexity index is 1100. The van der Waals surface area contributed by atoms with Gasteiger partial charge in [0, 0.05) is 36.8 Å². The Morgan fingerprint density at radius 1 is 1.20 bits per heavy atom. The molecule has 2 aromatic heterocycles. The smallest absolute Gasteiger partial charge is 0.293 e. The van der Waals surface area contributed by atoms with E-state index in [0.29, 0.717) is 39.5 Å². The van der Waals surface area contributed by atoms with Crippen molar-refractivity contribution in [3.05, 3.63) is 62.4 Å². The number of carbonyl (C=O) groups is 2. The number of amides is 2. The molecule has 1 aromatic carbocycles. The number of nitrogens with zero attached hydrogens (tertiary/aromatic N) is 5. The number of aromatic nitrogens is 3. The summed E-state index contributed by atoms with van der Waals surface area (Å²) in [6, 6.07) is 8.57. The van der Waals surface area contributed by atoms with Crippen molar-refractivity contribution in [2.45, 2.75) is 13.0 Å². The second-order valence-electron chi connectivity index (χ2n) is 6.82. The molecule has 3 heterocycles. The largest absolute Gasteiger partial charge is 0.443 e. The first-order chi connectivity index (χ1) is 14.3. The highest BCUT2D eigenvalue weighted by Crippen LogP contribution is 2.28. The zero-order valence-corrected chi connectivity index (χ0v) is 19.7. The van der Waals surface area contributed by atoms with Crippen LogP contribution in [0, 0.1) is 0 Å². The molecule has 1 atom stereocenters. The van der Waals surface area contributed by atoms with Gasteiger partial charge in [-0.05, 0) is 57.0 Å². The summed E-state index contributed by atoms with van der Waals surface area (Å²) in [4.78, 5) is 33.1. The number of rotatable bonds is 3. The molecule has 2 amide bonds. The average molecular weight is 558 g/mol. The second-order valence-corrected chi connectivity index (χ2v) is 8.83. The summed E-state index contributed by atoms with van der Waals surface area (Å²) < 4.78 is 8.09. The molecule has 4 rings (SSSR count). The van der Waals surface area contributed by atoms with Gasteiger partial charge < -0.3 is 14.2 Å². The highest BCUT2D eigenvalue weighted by atomic mass is 79.9. The molecule has 156 valence electrons. The molecule has 30 heavy (non-hydrogen) atoms. The Kier molecular flexibility index (Phi) is 5.99. The van der Waals surface area contributed by atoms with Crippen LogP contribution in [0.25, 0.3) is 5.69 Å².